The van der Waals surface area contributed by atoms with Crippen LogP contribution in [0.2, 0.25) is 0 Å². The number of nitrogens with zero attached hydrogens (tertiary/aromatic N) is 1. The maximum atomic E-state index is 13.2. The summed E-state index contributed by atoms with van der Waals surface area (Å²) in [5.74, 6) is -1.41. The summed E-state index contributed by atoms with van der Waals surface area (Å²) in [7, 11) is -2.55. The minimum absolute atomic E-state index is 0.230. The van der Waals surface area contributed by atoms with Gasteiger partial charge in [0.2, 0.25) is 0 Å². The summed E-state index contributed by atoms with van der Waals surface area (Å²) in [4.78, 5) is -0.511. The zero-order chi connectivity index (χ0) is 11.5. The van der Waals surface area contributed by atoms with Crippen LogP contribution in [0.25, 0.3) is 0 Å². The largest absolute Gasteiger partial charge is 0.497 e. The van der Waals surface area contributed by atoms with E-state index in [4.69, 9.17) is 10.00 Å². The van der Waals surface area contributed by atoms with Crippen LogP contribution in [0.3, 0.4) is 0 Å². The fourth-order valence-corrected chi connectivity index (χ4v) is 2.00. The van der Waals surface area contributed by atoms with Gasteiger partial charge in [-0.15, -0.1) is 0 Å². The van der Waals surface area contributed by atoms with Gasteiger partial charge in [-0.05, 0) is 12.1 Å². The van der Waals surface area contributed by atoms with Gasteiger partial charge in [-0.3, -0.25) is 0 Å². The van der Waals surface area contributed by atoms with Gasteiger partial charge in [0.15, 0.2) is 9.84 Å². The third-order valence-corrected chi connectivity index (χ3v) is 3.22. The van der Waals surface area contributed by atoms with Gasteiger partial charge in [0.1, 0.15) is 22.2 Å². The topological polar surface area (TPSA) is 67.2 Å². The van der Waals surface area contributed by atoms with Gasteiger partial charge in [-0.25, -0.2) is 12.8 Å². The Morgan fingerprint density at radius 2 is 2.20 bits per heavy atom. The molecule has 0 aromatic heterocycles. The van der Waals surface area contributed by atoms with Crippen molar-refractivity contribution in [2.75, 3.05) is 12.9 Å². The fraction of sp³-hybridized carbons (Fsp3) is 0.222. The van der Waals surface area contributed by atoms with Gasteiger partial charge < -0.3 is 4.74 Å². The third kappa shape index (κ3) is 2.44. The van der Waals surface area contributed by atoms with Crippen molar-refractivity contribution in [2.45, 2.75) is 4.90 Å². The number of benzene rings is 1. The van der Waals surface area contributed by atoms with Crippen molar-refractivity contribution in [3.05, 3.63) is 24.0 Å². The molecular formula is C9H8FNO3S. The number of ether oxygens (including phenoxy) is 1. The summed E-state index contributed by atoms with van der Waals surface area (Å²) in [5, 5.41) is 8.30. The average molecular weight is 229 g/mol. The van der Waals surface area contributed by atoms with Gasteiger partial charge >= 0.3 is 0 Å². The lowest BCUT2D eigenvalue weighted by atomic mass is 10.3. The lowest BCUT2D eigenvalue weighted by molar-refractivity contribution is 0.411. The van der Waals surface area contributed by atoms with Crippen LogP contribution in [0.1, 0.15) is 0 Å². The van der Waals surface area contributed by atoms with Crippen molar-refractivity contribution in [3.63, 3.8) is 0 Å². The van der Waals surface area contributed by atoms with E-state index >= 15 is 0 Å². The predicted molar refractivity (Wildman–Crippen MR) is 50.6 cm³/mol. The van der Waals surface area contributed by atoms with Crippen molar-refractivity contribution >= 4 is 9.84 Å². The first-order chi connectivity index (χ1) is 7.01. The Balaban J connectivity index is 3.31. The highest BCUT2D eigenvalue weighted by Crippen LogP contribution is 2.21. The van der Waals surface area contributed by atoms with E-state index in [1.165, 1.54) is 19.2 Å². The molecule has 4 nitrogen and oxygen atoms in total. The number of halogens is 1. The molecule has 0 unspecified atom stereocenters. The second-order valence-electron chi connectivity index (χ2n) is 2.71. The molecule has 1 aromatic carbocycles. The molecule has 0 saturated carbocycles. The molecule has 0 aliphatic heterocycles. The van der Waals surface area contributed by atoms with Gasteiger partial charge in [0.25, 0.3) is 0 Å². The van der Waals surface area contributed by atoms with E-state index in [1.54, 1.807) is 0 Å². The standard InChI is InChI=1S/C9H8FNO3S/c1-14-7-2-3-8(10)9(6-7)15(12,13)5-4-11/h2-3,6H,5H2,1H3. The molecule has 80 valence electrons. The molecule has 0 aliphatic carbocycles. The maximum absolute atomic E-state index is 13.2. The molecule has 0 spiro atoms. The smallest absolute Gasteiger partial charge is 0.194 e. The number of hydrogen-bond acceptors (Lipinski definition) is 4. The van der Waals surface area contributed by atoms with Crippen molar-refractivity contribution in [2.24, 2.45) is 0 Å². The molecule has 0 amide bonds. The first-order valence-electron chi connectivity index (χ1n) is 3.94. The van der Waals surface area contributed by atoms with E-state index in [0.717, 1.165) is 12.1 Å². The van der Waals surface area contributed by atoms with Crippen molar-refractivity contribution in [1.29, 1.82) is 5.26 Å². The Hall–Kier alpha value is -1.61. The molecule has 0 radical (unpaired) electrons. The monoisotopic (exact) mass is 229 g/mol. The lowest BCUT2D eigenvalue weighted by Crippen LogP contribution is -2.07. The zero-order valence-corrected chi connectivity index (χ0v) is 8.71. The second-order valence-corrected chi connectivity index (χ2v) is 4.67. The number of rotatable bonds is 3. The summed E-state index contributed by atoms with van der Waals surface area (Å²) in [6.45, 7) is 0. The van der Waals surface area contributed by atoms with E-state index < -0.39 is 26.3 Å². The Kier molecular flexibility index (Phi) is 3.27. The molecule has 1 rings (SSSR count). The molecule has 6 heteroatoms. The second kappa shape index (κ2) is 4.28. The first-order valence-corrected chi connectivity index (χ1v) is 5.59. The van der Waals surface area contributed by atoms with E-state index in [-0.39, 0.29) is 5.75 Å². The van der Waals surface area contributed by atoms with Crippen molar-refractivity contribution < 1.29 is 17.5 Å². The van der Waals surface area contributed by atoms with Crippen LogP contribution in [0.5, 0.6) is 5.75 Å². The molecule has 15 heavy (non-hydrogen) atoms. The number of sulfone groups is 1. The molecule has 0 atom stereocenters. The summed E-state index contributed by atoms with van der Waals surface area (Å²) >= 11 is 0. The normalized spacial score (nSPS) is 10.7. The average Bonchev–Trinajstić information content (AvgIpc) is 2.18. The molecule has 0 bridgehead atoms. The van der Waals surface area contributed by atoms with Crippen LogP contribution >= 0.6 is 0 Å². The van der Waals surface area contributed by atoms with E-state index in [9.17, 15) is 12.8 Å². The van der Waals surface area contributed by atoms with Crippen molar-refractivity contribution in [3.8, 4) is 11.8 Å². The molecule has 0 fully saturated rings. The van der Waals surface area contributed by atoms with Crippen LogP contribution in [0.15, 0.2) is 23.1 Å². The maximum Gasteiger partial charge on any atom is 0.194 e. The Morgan fingerprint density at radius 3 is 2.73 bits per heavy atom. The Bertz CT molecular complexity index is 505. The molecule has 0 saturated heterocycles. The van der Waals surface area contributed by atoms with Gasteiger partial charge in [0, 0.05) is 6.07 Å². The van der Waals surface area contributed by atoms with Crippen LogP contribution < -0.4 is 4.74 Å². The van der Waals surface area contributed by atoms with Crippen LogP contribution in [-0.4, -0.2) is 21.3 Å². The highest BCUT2D eigenvalue weighted by Gasteiger charge is 2.19. The van der Waals surface area contributed by atoms with Crippen LogP contribution in [0, 0.1) is 17.1 Å². The lowest BCUT2D eigenvalue weighted by Gasteiger charge is -2.04. The first kappa shape index (κ1) is 11.5. The zero-order valence-electron chi connectivity index (χ0n) is 7.90. The van der Waals surface area contributed by atoms with Crippen LogP contribution in [-0.2, 0) is 9.84 Å². The summed E-state index contributed by atoms with van der Waals surface area (Å²) in [5.41, 5.74) is 0. The molecule has 0 N–H and O–H groups in total. The van der Waals surface area contributed by atoms with Crippen molar-refractivity contribution in [1.82, 2.24) is 0 Å². The molecule has 0 heterocycles. The summed E-state index contributed by atoms with van der Waals surface area (Å²) in [6, 6.07) is 4.83. The predicted octanol–water partition coefficient (Wildman–Crippen LogP) is 1.13. The molecule has 0 aliphatic rings. The SMILES string of the molecule is COc1ccc(F)c(S(=O)(=O)CC#N)c1. The number of hydrogen-bond donors (Lipinski definition) is 0. The highest BCUT2D eigenvalue weighted by molar-refractivity contribution is 7.91. The van der Waals surface area contributed by atoms with Crippen LogP contribution in [0.4, 0.5) is 4.39 Å². The number of nitriles is 1. The third-order valence-electron chi connectivity index (χ3n) is 1.73. The summed E-state index contributed by atoms with van der Waals surface area (Å²) in [6.07, 6.45) is 0. The van der Waals surface area contributed by atoms with E-state index in [1.807, 2.05) is 0 Å². The van der Waals surface area contributed by atoms with E-state index in [2.05, 4.69) is 0 Å². The van der Waals surface area contributed by atoms with Gasteiger partial charge in [0.05, 0.1) is 13.2 Å². The minimum Gasteiger partial charge on any atom is -0.497 e. The summed E-state index contributed by atoms with van der Waals surface area (Å²) < 4.78 is 40.8. The fourth-order valence-electron chi connectivity index (χ4n) is 1.01. The Morgan fingerprint density at radius 1 is 1.53 bits per heavy atom. The Labute approximate surface area is 86.8 Å². The van der Waals surface area contributed by atoms with Gasteiger partial charge in [-0.1, -0.05) is 0 Å². The quantitative estimate of drug-likeness (QED) is 0.779. The van der Waals surface area contributed by atoms with Gasteiger partial charge in [-0.2, -0.15) is 5.26 Å². The highest BCUT2D eigenvalue weighted by atomic mass is 32.2. The molecule has 1 aromatic rings. The number of methoxy groups -OCH3 is 1. The molecular weight excluding hydrogens is 221 g/mol. The minimum atomic E-state index is -3.89. The van der Waals surface area contributed by atoms with E-state index in [0.29, 0.717) is 0 Å².